The summed E-state index contributed by atoms with van der Waals surface area (Å²) in [5.74, 6) is -1.51. The molecule has 14 heteroatoms. The first-order valence-electron chi connectivity index (χ1n) is 15.8. The van der Waals surface area contributed by atoms with Crippen molar-refractivity contribution in [2.75, 3.05) is 18.5 Å². The van der Waals surface area contributed by atoms with Gasteiger partial charge in [0.15, 0.2) is 18.1 Å². The van der Waals surface area contributed by atoms with Crippen LogP contribution < -0.4 is 11.1 Å². The maximum absolute atomic E-state index is 16.6. The van der Waals surface area contributed by atoms with Gasteiger partial charge in [0.05, 0.1) is 5.69 Å². The smallest absolute Gasteiger partial charge is 0.323 e. The Balaban J connectivity index is 1.64. The summed E-state index contributed by atoms with van der Waals surface area (Å²) in [7, 11) is 0. The number of amides is 1. The molecule has 1 saturated carbocycles. The molecule has 1 amide bonds. The zero-order valence-electron chi connectivity index (χ0n) is 27.4. The maximum atomic E-state index is 16.6. The number of hydrogen-bond donors (Lipinski definition) is 2. The van der Waals surface area contributed by atoms with E-state index in [9.17, 15) is 19.6 Å². The molecule has 0 aromatic carbocycles. The van der Waals surface area contributed by atoms with Gasteiger partial charge in [0.2, 0.25) is 5.60 Å². The number of alkyl halides is 1. The minimum absolute atomic E-state index is 0.0432. The van der Waals surface area contributed by atoms with Gasteiger partial charge in [-0.3, -0.25) is 14.4 Å². The monoisotopic (exact) mass is 644 g/mol. The minimum atomic E-state index is -2.34. The Hall–Kier alpha value is -3.67. The number of nitriles is 1. The number of nitrogens with one attached hydrogen (secondary N) is 1. The number of nitrogens with two attached hydrogens (primary N) is 1. The molecule has 0 radical (unpaired) electrons. The number of rotatable bonds is 13. The van der Waals surface area contributed by atoms with Crippen molar-refractivity contribution in [1.29, 1.82) is 5.26 Å². The van der Waals surface area contributed by atoms with Crippen molar-refractivity contribution in [3.8, 4) is 6.07 Å². The quantitative estimate of drug-likeness (QED) is 0.240. The van der Waals surface area contributed by atoms with Gasteiger partial charge in [-0.2, -0.15) is 10.4 Å². The lowest BCUT2D eigenvalue weighted by Crippen LogP contribution is -2.48. The van der Waals surface area contributed by atoms with Gasteiger partial charge in [0.25, 0.3) is 5.91 Å². The summed E-state index contributed by atoms with van der Waals surface area (Å²) in [6, 6.07) is 3.73. The van der Waals surface area contributed by atoms with E-state index in [4.69, 9.17) is 24.7 Å². The fraction of sp³-hybridized carbons (Fsp3) is 0.688. The molecule has 3 N–H and O–H groups in total. The summed E-state index contributed by atoms with van der Waals surface area (Å²) in [5.41, 5.74) is 2.09. The lowest BCUT2D eigenvalue weighted by atomic mass is 9.83. The van der Waals surface area contributed by atoms with Crippen LogP contribution in [-0.2, 0) is 38.9 Å². The highest BCUT2D eigenvalue weighted by molar-refractivity contribution is 5.98. The molecule has 2 fully saturated rings. The lowest BCUT2D eigenvalue weighted by molar-refractivity contribution is -0.162. The molecule has 0 spiro atoms. The average Bonchev–Trinajstić information content (AvgIpc) is 3.53. The van der Waals surface area contributed by atoms with E-state index in [2.05, 4.69) is 15.4 Å². The highest BCUT2D eigenvalue weighted by Crippen LogP contribution is 2.44. The number of hydrogen-bond acceptors (Lipinski definition) is 11. The van der Waals surface area contributed by atoms with Gasteiger partial charge in [-0.25, -0.2) is 13.9 Å². The van der Waals surface area contributed by atoms with Crippen LogP contribution in [0.4, 0.5) is 10.2 Å². The molecule has 2 aliphatic rings. The molecule has 0 unspecified atom stereocenters. The van der Waals surface area contributed by atoms with Crippen molar-refractivity contribution in [1.82, 2.24) is 14.6 Å². The second-order valence-electron chi connectivity index (χ2n) is 13.6. The van der Waals surface area contributed by atoms with Crippen molar-refractivity contribution < 1.29 is 37.7 Å². The van der Waals surface area contributed by atoms with Crippen LogP contribution in [0.2, 0.25) is 0 Å². The number of aromatic nitrogens is 3. The van der Waals surface area contributed by atoms with Crippen LogP contribution in [0, 0.1) is 22.7 Å². The van der Waals surface area contributed by atoms with Crippen LogP contribution in [0.15, 0.2) is 18.5 Å². The van der Waals surface area contributed by atoms with Gasteiger partial charge in [0.1, 0.15) is 42.3 Å². The number of anilines is 1. The zero-order chi connectivity index (χ0) is 33.9. The first kappa shape index (κ1) is 35.2. The summed E-state index contributed by atoms with van der Waals surface area (Å²) in [6.45, 7) is 10.4. The molecule has 1 aliphatic heterocycles. The first-order valence-corrected chi connectivity index (χ1v) is 15.8. The fourth-order valence-electron chi connectivity index (χ4n) is 5.24. The van der Waals surface area contributed by atoms with Crippen molar-refractivity contribution in [3.63, 3.8) is 0 Å². The van der Waals surface area contributed by atoms with E-state index < -0.39 is 65.5 Å². The molecule has 46 heavy (non-hydrogen) atoms. The van der Waals surface area contributed by atoms with Crippen LogP contribution in [0.25, 0.3) is 5.52 Å². The molecule has 1 aliphatic carbocycles. The van der Waals surface area contributed by atoms with Crippen molar-refractivity contribution >= 4 is 29.2 Å². The largest absolute Gasteiger partial charge is 0.463 e. The minimum Gasteiger partial charge on any atom is -0.463 e. The van der Waals surface area contributed by atoms with Gasteiger partial charge in [-0.05, 0) is 56.6 Å². The molecular formula is C32H45FN6O7. The van der Waals surface area contributed by atoms with E-state index in [1.54, 1.807) is 34.6 Å². The number of carbonyl (C=O) groups excluding carboxylic acids is 3. The van der Waals surface area contributed by atoms with Gasteiger partial charge < -0.3 is 30.0 Å². The van der Waals surface area contributed by atoms with Gasteiger partial charge in [-0.15, -0.1) is 0 Å². The summed E-state index contributed by atoms with van der Waals surface area (Å²) in [6.07, 6.45) is 0.758. The normalized spacial score (nSPS) is 24.2. The molecule has 0 bridgehead atoms. The van der Waals surface area contributed by atoms with E-state index in [1.165, 1.54) is 16.6 Å². The Morgan fingerprint density at radius 3 is 2.59 bits per heavy atom. The number of unbranched alkanes of at least 4 members (excludes halogenated alkanes) is 1. The fourth-order valence-corrected chi connectivity index (χ4v) is 5.24. The number of nitrogens with zero attached hydrogens (tertiary/aromatic N) is 4. The molecule has 2 aromatic rings. The Morgan fingerprint density at radius 2 is 1.98 bits per heavy atom. The van der Waals surface area contributed by atoms with Crippen LogP contribution >= 0.6 is 0 Å². The zero-order valence-corrected chi connectivity index (χ0v) is 27.4. The van der Waals surface area contributed by atoms with E-state index in [-0.39, 0.29) is 29.4 Å². The topological polar surface area (TPSA) is 180 Å². The highest BCUT2D eigenvalue weighted by atomic mass is 19.1. The third-order valence-corrected chi connectivity index (χ3v) is 8.65. The lowest BCUT2D eigenvalue weighted by Gasteiger charge is -2.28. The van der Waals surface area contributed by atoms with Gasteiger partial charge >= 0.3 is 11.9 Å². The van der Waals surface area contributed by atoms with Crippen LogP contribution in [0.5, 0.6) is 0 Å². The second kappa shape index (κ2) is 14.0. The molecule has 1 saturated heterocycles. The number of fused-ring (bicyclic) bond motifs is 1. The third-order valence-electron chi connectivity index (χ3n) is 8.65. The molecule has 3 heterocycles. The number of ether oxygens (including phenoxy) is 4. The van der Waals surface area contributed by atoms with Crippen molar-refractivity contribution in [2.24, 2.45) is 17.1 Å². The number of halogens is 1. The summed E-state index contributed by atoms with van der Waals surface area (Å²) < 4.78 is 40.7. The van der Waals surface area contributed by atoms with Gasteiger partial charge in [-0.1, -0.05) is 40.5 Å². The first-order chi connectivity index (χ1) is 21.6. The van der Waals surface area contributed by atoms with E-state index in [1.807, 2.05) is 13.0 Å². The van der Waals surface area contributed by atoms with Crippen molar-refractivity contribution in [2.45, 2.75) is 116 Å². The van der Waals surface area contributed by atoms with Crippen LogP contribution in [0.3, 0.4) is 0 Å². The van der Waals surface area contributed by atoms with E-state index in [0.717, 1.165) is 38.4 Å². The van der Waals surface area contributed by atoms with Gasteiger partial charge in [0, 0.05) is 13.0 Å². The Labute approximate surface area is 268 Å². The average molecular weight is 645 g/mol. The third kappa shape index (κ3) is 7.32. The molecule has 5 atom stereocenters. The number of esters is 2. The highest BCUT2D eigenvalue weighted by Gasteiger charge is 2.61. The standard InChI is InChI=1S/C32H45FN6O7/c1-7-8-14-44-31(5,6)29(42)38-27-20-12-13-22(39(20)37-18-36-27)32(17-34)25(33)24(45-28(41)26(35)30(2,3)4)21(46-32)16-43-23(40)15-19-10-9-11-19/h12-13,18-19,21,24-26H,7-11,14-16,35H2,1-6H3,(H,36,37,38,42)/t21-,24-,25-,26-,32+/m1/s1. The van der Waals surface area contributed by atoms with Crippen LogP contribution in [-0.4, -0.2) is 75.7 Å². The Kier molecular flexibility index (Phi) is 10.7. The van der Waals surface area contributed by atoms with E-state index >= 15 is 4.39 Å². The molecular weight excluding hydrogens is 599 g/mol. The van der Waals surface area contributed by atoms with Crippen molar-refractivity contribution in [3.05, 3.63) is 24.2 Å². The molecule has 2 aromatic heterocycles. The molecule has 13 nitrogen and oxygen atoms in total. The Morgan fingerprint density at radius 1 is 1.26 bits per heavy atom. The summed E-state index contributed by atoms with van der Waals surface area (Å²) in [5, 5.41) is 17.4. The van der Waals surface area contributed by atoms with Crippen LogP contribution in [0.1, 0.15) is 85.8 Å². The number of carbonyl (C=O) groups is 3. The Bertz CT molecular complexity index is 1460. The SMILES string of the molecule is CCCCOC(C)(C)C(=O)Nc1ncnn2c([C@]3(C#N)O[C@H](COC(=O)CC4CCC4)[C@@H](OC(=O)[C@@H](N)C(C)(C)C)[C@H]3F)ccc12. The molecule has 4 rings (SSSR count). The maximum Gasteiger partial charge on any atom is 0.323 e. The van der Waals surface area contributed by atoms with E-state index in [0.29, 0.717) is 6.61 Å². The summed E-state index contributed by atoms with van der Waals surface area (Å²) in [4.78, 5) is 42.8. The predicted molar refractivity (Wildman–Crippen MR) is 164 cm³/mol. The predicted octanol–water partition coefficient (Wildman–Crippen LogP) is 3.74. The second-order valence-corrected chi connectivity index (χ2v) is 13.6. The summed E-state index contributed by atoms with van der Waals surface area (Å²) >= 11 is 0. The molecule has 252 valence electrons.